The molecule has 5 heteroatoms. The molecule has 0 aromatic heterocycles. The van der Waals surface area contributed by atoms with Gasteiger partial charge in [-0.1, -0.05) is 33.6 Å². The Morgan fingerprint density at radius 2 is 1.79 bits per heavy atom. The zero-order valence-electron chi connectivity index (χ0n) is 15.5. The van der Waals surface area contributed by atoms with E-state index in [2.05, 4.69) is 35.7 Å². The molecule has 1 aliphatic heterocycles. The topological polar surface area (TPSA) is 63.2 Å². The molecule has 0 bridgehead atoms. The number of aliphatic imine (C=N–C) groups is 2. The largest absolute Gasteiger partial charge is 0.378 e. The average molecular weight is 332 g/mol. The Balaban J connectivity index is 0.000000413. The highest BCUT2D eigenvalue weighted by Gasteiger charge is 2.10. The van der Waals surface area contributed by atoms with Gasteiger partial charge < -0.3 is 15.4 Å². The summed E-state index contributed by atoms with van der Waals surface area (Å²) in [5.74, 6) is 1.21. The van der Waals surface area contributed by atoms with Gasteiger partial charge >= 0.3 is 0 Å². The van der Waals surface area contributed by atoms with Gasteiger partial charge in [0.05, 0.1) is 18.9 Å². The molecule has 1 fully saturated rings. The molecular formula is C19H32N4O. The summed E-state index contributed by atoms with van der Waals surface area (Å²) >= 11 is 0. The summed E-state index contributed by atoms with van der Waals surface area (Å²) in [5.41, 5.74) is 7.63. The summed E-state index contributed by atoms with van der Waals surface area (Å²) < 4.78 is 5.33. The highest BCUT2D eigenvalue weighted by atomic mass is 16.5. The lowest BCUT2D eigenvalue weighted by Gasteiger charge is -2.28. The van der Waals surface area contributed by atoms with Gasteiger partial charge in [-0.05, 0) is 37.1 Å². The number of benzene rings is 1. The normalized spacial score (nSPS) is 15.5. The maximum Gasteiger partial charge on any atom is 0.220 e. The predicted molar refractivity (Wildman–Crippen MR) is 105 cm³/mol. The van der Waals surface area contributed by atoms with Crippen molar-refractivity contribution in [1.29, 1.82) is 0 Å². The standard InChI is InChI=1S/C13H18N4O.C6H14/c1-2-15-13(14)16-11-3-5-12(6-4-11)17-7-9-18-10-8-17;1-4-6(3)5-2/h2-6H,7-10H2,1H3,(H2,14,16);6H,4-5H2,1-3H3/b15-2-;. The fraction of sp³-hybridized carbons (Fsp3) is 0.579. The van der Waals surface area contributed by atoms with Crippen LogP contribution in [0.4, 0.5) is 11.4 Å². The number of hydrogen-bond acceptors (Lipinski definition) is 3. The van der Waals surface area contributed by atoms with Crippen molar-refractivity contribution < 1.29 is 4.74 Å². The van der Waals surface area contributed by atoms with Crippen molar-refractivity contribution in [3.8, 4) is 0 Å². The molecule has 0 aliphatic carbocycles. The van der Waals surface area contributed by atoms with E-state index in [1.807, 2.05) is 31.2 Å². The first-order valence-electron chi connectivity index (χ1n) is 8.86. The first-order chi connectivity index (χ1) is 11.6. The predicted octanol–water partition coefficient (Wildman–Crippen LogP) is 4.00. The van der Waals surface area contributed by atoms with Crippen LogP contribution < -0.4 is 10.6 Å². The third-order valence-electron chi connectivity index (χ3n) is 4.12. The third-order valence-corrected chi connectivity index (χ3v) is 4.12. The van der Waals surface area contributed by atoms with E-state index in [-0.39, 0.29) is 5.96 Å². The molecule has 0 radical (unpaired) electrons. The first kappa shape index (κ1) is 20.2. The van der Waals surface area contributed by atoms with E-state index < -0.39 is 0 Å². The molecule has 1 heterocycles. The smallest absolute Gasteiger partial charge is 0.220 e. The van der Waals surface area contributed by atoms with Gasteiger partial charge in [-0.25, -0.2) is 9.98 Å². The molecule has 134 valence electrons. The maximum absolute atomic E-state index is 5.62. The number of guanidine groups is 1. The highest BCUT2D eigenvalue weighted by Crippen LogP contribution is 2.20. The molecule has 1 aromatic rings. The molecule has 0 saturated carbocycles. The van der Waals surface area contributed by atoms with Crippen LogP contribution in [0.2, 0.25) is 0 Å². The van der Waals surface area contributed by atoms with Gasteiger partial charge in [-0.2, -0.15) is 0 Å². The third kappa shape index (κ3) is 7.59. The number of hydrogen-bond donors (Lipinski definition) is 1. The van der Waals surface area contributed by atoms with Crippen LogP contribution >= 0.6 is 0 Å². The molecule has 0 spiro atoms. The fourth-order valence-electron chi connectivity index (χ4n) is 2.14. The number of morpholine rings is 1. The fourth-order valence-corrected chi connectivity index (χ4v) is 2.14. The molecule has 24 heavy (non-hydrogen) atoms. The summed E-state index contributed by atoms with van der Waals surface area (Å²) in [6.45, 7) is 12.0. The van der Waals surface area contributed by atoms with Crippen molar-refractivity contribution in [3.63, 3.8) is 0 Å². The Morgan fingerprint density at radius 3 is 2.25 bits per heavy atom. The quantitative estimate of drug-likeness (QED) is 0.669. The van der Waals surface area contributed by atoms with Crippen molar-refractivity contribution in [1.82, 2.24) is 0 Å². The Morgan fingerprint density at radius 1 is 1.21 bits per heavy atom. The van der Waals surface area contributed by atoms with Crippen molar-refractivity contribution >= 4 is 23.5 Å². The summed E-state index contributed by atoms with van der Waals surface area (Å²) in [6.07, 6.45) is 4.29. The lowest BCUT2D eigenvalue weighted by molar-refractivity contribution is 0.122. The van der Waals surface area contributed by atoms with E-state index in [1.165, 1.54) is 18.5 Å². The number of ether oxygens (including phenoxy) is 1. The molecule has 1 saturated heterocycles. The zero-order valence-corrected chi connectivity index (χ0v) is 15.5. The SMILES string of the molecule is C/C=N\C(N)=Nc1ccc(N2CCOCC2)cc1.CCC(C)CC. The second kappa shape index (κ2) is 11.6. The van der Waals surface area contributed by atoms with E-state index in [1.54, 1.807) is 6.21 Å². The lowest BCUT2D eigenvalue weighted by atomic mass is 10.1. The number of rotatable bonds is 4. The van der Waals surface area contributed by atoms with Crippen LogP contribution in [-0.4, -0.2) is 38.5 Å². The van der Waals surface area contributed by atoms with Gasteiger partial charge in [0.25, 0.3) is 0 Å². The molecule has 5 nitrogen and oxygen atoms in total. The molecular weight excluding hydrogens is 300 g/mol. The minimum Gasteiger partial charge on any atom is -0.378 e. The molecule has 1 aromatic carbocycles. The molecule has 1 aliphatic rings. The minimum atomic E-state index is 0.275. The Kier molecular flexibility index (Phi) is 9.77. The molecule has 0 amide bonds. The van der Waals surface area contributed by atoms with E-state index in [0.717, 1.165) is 37.9 Å². The number of nitrogens with two attached hydrogens (primary N) is 1. The van der Waals surface area contributed by atoms with E-state index in [9.17, 15) is 0 Å². The number of anilines is 1. The second-order valence-electron chi connectivity index (χ2n) is 5.89. The number of nitrogens with zero attached hydrogens (tertiary/aromatic N) is 3. The zero-order chi connectivity index (χ0) is 17.8. The summed E-state index contributed by atoms with van der Waals surface area (Å²) in [4.78, 5) is 10.4. The van der Waals surface area contributed by atoms with E-state index in [4.69, 9.17) is 10.5 Å². The summed E-state index contributed by atoms with van der Waals surface area (Å²) in [6, 6.07) is 7.99. The van der Waals surface area contributed by atoms with E-state index >= 15 is 0 Å². The minimum absolute atomic E-state index is 0.275. The lowest BCUT2D eigenvalue weighted by Crippen LogP contribution is -2.36. The van der Waals surface area contributed by atoms with Gasteiger partial charge in [-0.3, -0.25) is 0 Å². The van der Waals surface area contributed by atoms with Gasteiger partial charge in [0, 0.05) is 25.0 Å². The molecule has 0 unspecified atom stereocenters. The van der Waals surface area contributed by atoms with Gasteiger partial charge in [0.15, 0.2) is 0 Å². The molecule has 0 atom stereocenters. The van der Waals surface area contributed by atoms with Crippen molar-refractivity contribution in [2.24, 2.45) is 21.6 Å². The molecule has 2 rings (SSSR count). The monoisotopic (exact) mass is 332 g/mol. The first-order valence-corrected chi connectivity index (χ1v) is 8.86. The van der Waals surface area contributed by atoms with Gasteiger partial charge in [0.1, 0.15) is 0 Å². The highest BCUT2D eigenvalue weighted by molar-refractivity contribution is 5.87. The van der Waals surface area contributed by atoms with Gasteiger partial charge in [-0.15, -0.1) is 0 Å². The van der Waals surface area contributed by atoms with Crippen LogP contribution in [0, 0.1) is 5.92 Å². The van der Waals surface area contributed by atoms with Crippen LogP contribution in [0.25, 0.3) is 0 Å². The van der Waals surface area contributed by atoms with Crippen molar-refractivity contribution in [2.75, 3.05) is 31.2 Å². The Labute approximate surface area is 146 Å². The van der Waals surface area contributed by atoms with E-state index in [0.29, 0.717) is 0 Å². The van der Waals surface area contributed by atoms with Crippen LogP contribution in [0.15, 0.2) is 34.3 Å². The average Bonchev–Trinajstić information content (AvgIpc) is 2.63. The Hall–Kier alpha value is -1.88. The molecule has 2 N–H and O–H groups in total. The summed E-state index contributed by atoms with van der Waals surface area (Å²) in [7, 11) is 0. The van der Waals surface area contributed by atoms with Crippen molar-refractivity contribution in [2.45, 2.75) is 40.5 Å². The van der Waals surface area contributed by atoms with Crippen molar-refractivity contribution in [3.05, 3.63) is 24.3 Å². The Bertz CT molecular complexity index is 501. The van der Waals surface area contributed by atoms with Crippen LogP contribution in [0.1, 0.15) is 40.5 Å². The van der Waals surface area contributed by atoms with Gasteiger partial charge in [0.2, 0.25) is 5.96 Å². The van der Waals surface area contributed by atoms with Crippen LogP contribution in [-0.2, 0) is 4.74 Å². The van der Waals surface area contributed by atoms with Crippen LogP contribution in [0.5, 0.6) is 0 Å². The van der Waals surface area contributed by atoms with Crippen LogP contribution in [0.3, 0.4) is 0 Å². The summed E-state index contributed by atoms with van der Waals surface area (Å²) in [5, 5.41) is 0. The maximum atomic E-state index is 5.62. The second-order valence-corrected chi connectivity index (χ2v) is 5.89.